The Bertz CT molecular complexity index is 465. The number of pyridine rings is 1. The molecule has 1 aromatic heterocycles. The third kappa shape index (κ3) is 4.60. The quantitative estimate of drug-likeness (QED) is 0.614. The number of amides is 1. The maximum Gasteiger partial charge on any atom is 0.328 e. The number of methoxy groups -OCH3 is 1. The van der Waals surface area contributed by atoms with Crippen LogP contribution >= 0.6 is 0 Å². The van der Waals surface area contributed by atoms with Crippen LogP contribution < -0.4 is 5.32 Å². The molecule has 1 N–H and O–H groups in total. The molecule has 0 aromatic carbocycles. The second kappa shape index (κ2) is 8.24. The van der Waals surface area contributed by atoms with Crippen molar-refractivity contribution in [3.8, 4) is 0 Å². The van der Waals surface area contributed by atoms with Gasteiger partial charge in [-0.2, -0.15) is 0 Å². The van der Waals surface area contributed by atoms with Gasteiger partial charge in [0, 0.05) is 6.20 Å². The lowest BCUT2D eigenvalue weighted by Crippen LogP contribution is -2.41. The summed E-state index contributed by atoms with van der Waals surface area (Å²) < 4.78 is 18.1. The number of hydrogen-bond donors (Lipinski definition) is 1. The molecule has 1 atom stereocenters. The lowest BCUT2D eigenvalue weighted by atomic mass is 10.1. The topological polar surface area (TPSA) is 68.3 Å². The molecule has 20 heavy (non-hydrogen) atoms. The van der Waals surface area contributed by atoms with Crippen LogP contribution in [0.25, 0.3) is 0 Å². The number of carbonyl (C=O) groups excluding carboxylic acids is 2. The number of rotatable bonds is 7. The predicted molar refractivity (Wildman–Crippen MR) is 71.6 cm³/mol. The highest BCUT2D eigenvalue weighted by Gasteiger charge is 2.22. The van der Waals surface area contributed by atoms with E-state index in [1.54, 1.807) is 0 Å². The van der Waals surface area contributed by atoms with Gasteiger partial charge in [0.25, 0.3) is 5.91 Å². The smallest absolute Gasteiger partial charge is 0.328 e. The summed E-state index contributed by atoms with van der Waals surface area (Å²) in [5.74, 6) is -1.89. The van der Waals surface area contributed by atoms with E-state index in [4.69, 9.17) is 0 Å². The summed E-state index contributed by atoms with van der Waals surface area (Å²) >= 11 is 0. The van der Waals surface area contributed by atoms with Crippen molar-refractivity contribution in [2.24, 2.45) is 0 Å². The molecule has 1 aromatic rings. The number of nitrogens with zero attached hydrogens (tertiary/aromatic N) is 1. The lowest BCUT2D eigenvalue weighted by molar-refractivity contribution is -0.143. The van der Waals surface area contributed by atoms with Crippen molar-refractivity contribution in [2.45, 2.75) is 38.6 Å². The first kappa shape index (κ1) is 16.1. The van der Waals surface area contributed by atoms with Gasteiger partial charge in [0.2, 0.25) is 0 Å². The third-order valence-corrected chi connectivity index (χ3v) is 2.90. The number of hydrogen-bond acceptors (Lipinski definition) is 4. The molecule has 1 heterocycles. The first-order valence-corrected chi connectivity index (χ1v) is 6.58. The van der Waals surface area contributed by atoms with Crippen LogP contribution in [0.5, 0.6) is 0 Å². The minimum atomic E-state index is -0.758. The molecule has 0 aliphatic heterocycles. The number of carbonyl (C=O) groups is 2. The van der Waals surface area contributed by atoms with Crippen LogP contribution in [-0.2, 0) is 9.53 Å². The van der Waals surface area contributed by atoms with Crippen molar-refractivity contribution in [1.82, 2.24) is 10.3 Å². The molecule has 5 nitrogen and oxygen atoms in total. The number of esters is 1. The third-order valence-electron chi connectivity index (χ3n) is 2.90. The monoisotopic (exact) mass is 282 g/mol. The van der Waals surface area contributed by atoms with Gasteiger partial charge in [0.1, 0.15) is 6.04 Å². The fourth-order valence-electron chi connectivity index (χ4n) is 1.79. The van der Waals surface area contributed by atoms with Crippen molar-refractivity contribution in [1.29, 1.82) is 0 Å². The Hall–Kier alpha value is -1.98. The highest BCUT2D eigenvalue weighted by molar-refractivity contribution is 5.96. The van der Waals surface area contributed by atoms with Crippen LogP contribution in [0.4, 0.5) is 4.39 Å². The standard InChI is InChI=1S/C14H19FN2O3/c1-3-4-5-6-12(14(19)20-2)17-13(18)10-7-8-16-9-11(10)15/h7-9,12H,3-6H2,1-2H3,(H,17,18)/t12-/m0/s1. The van der Waals surface area contributed by atoms with E-state index in [2.05, 4.69) is 15.0 Å². The number of ether oxygens (including phenoxy) is 1. The zero-order valence-corrected chi connectivity index (χ0v) is 11.7. The molecule has 1 rings (SSSR count). The van der Waals surface area contributed by atoms with Gasteiger partial charge in [-0.05, 0) is 12.5 Å². The molecule has 0 fully saturated rings. The SMILES string of the molecule is CCCCC[C@H](NC(=O)c1ccncc1F)C(=O)OC. The average molecular weight is 282 g/mol. The van der Waals surface area contributed by atoms with Gasteiger partial charge in [-0.15, -0.1) is 0 Å². The Balaban J connectivity index is 2.71. The van der Waals surface area contributed by atoms with Crippen LogP contribution in [0.1, 0.15) is 43.0 Å². The van der Waals surface area contributed by atoms with Gasteiger partial charge in [-0.3, -0.25) is 9.78 Å². The number of nitrogens with one attached hydrogen (secondary N) is 1. The number of halogens is 1. The van der Waals surface area contributed by atoms with Crippen molar-refractivity contribution >= 4 is 11.9 Å². The largest absolute Gasteiger partial charge is 0.467 e. The fourth-order valence-corrected chi connectivity index (χ4v) is 1.79. The molecule has 0 radical (unpaired) electrons. The first-order valence-electron chi connectivity index (χ1n) is 6.58. The van der Waals surface area contributed by atoms with Gasteiger partial charge in [-0.25, -0.2) is 9.18 Å². The first-order chi connectivity index (χ1) is 9.60. The molecule has 0 aliphatic rings. The number of aromatic nitrogens is 1. The molecule has 0 saturated carbocycles. The Kier molecular flexibility index (Phi) is 6.63. The van der Waals surface area contributed by atoms with E-state index in [0.29, 0.717) is 6.42 Å². The molecule has 0 spiro atoms. The highest BCUT2D eigenvalue weighted by atomic mass is 19.1. The average Bonchev–Trinajstić information content (AvgIpc) is 2.45. The molecule has 0 saturated heterocycles. The molecule has 0 bridgehead atoms. The second-order valence-corrected chi connectivity index (χ2v) is 4.40. The highest BCUT2D eigenvalue weighted by Crippen LogP contribution is 2.08. The van der Waals surface area contributed by atoms with Gasteiger partial charge in [0.15, 0.2) is 5.82 Å². The summed E-state index contributed by atoms with van der Waals surface area (Å²) in [6.07, 6.45) is 5.49. The van der Waals surface area contributed by atoms with Crippen LogP contribution in [0.2, 0.25) is 0 Å². The van der Waals surface area contributed by atoms with Crippen molar-refractivity contribution in [3.05, 3.63) is 29.8 Å². The Labute approximate surface area is 117 Å². The van der Waals surface area contributed by atoms with Crippen LogP contribution in [0.15, 0.2) is 18.5 Å². The molecular formula is C14H19FN2O3. The lowest BCUT2D eigenvalue weighted by Gasteiger charge is -2.16. The summed E-state index contributed by atoms with van der Waals surface area (Å²) in [5, 5.41) is 2.50. The predicted octanol–water partition coefficient (Wildman–Crippen LogP) is 2.07. The van der Waals surface area contributed by atoms with E-state index in [1.165, 1.54) is 19.4 Å². The molecule has 0 aliphatic carbocycles. The van der Waals surface area contributed by atoms with Crippen molar-refractivity contribution < 1.29 is 18.7 Å². The Morgan fingerprint density at radius 1 is 1.45 bits per heavy atom. The van der Waals surface area contributed by atoms with E-state index >= 15 is 0 Å². The van der Waals surface area contributed by atoms with Crippen LogP contribution in [0, 0.1) is 5.82 Å². The van der Waals surface area contributed by atoms with Gasteiger partial charge in [-0.1, -0.05) is 26.2 Å². The van der Waals surface area contributed by atoms with Crippen LogP contribution in [0.3, 0.4) is 0 Å². The Morgan fingerprint density at radius 3 is 2.80 bits per heavy atom. The summed E-state index contributed by atoms with van der Waals surface area (Å²) in [4.78, 5) is 27.1. The summed E-state index contributed by atoms with van der Waals surface area (Å²) in [6.45, 7) is 2.04. The molecule has 110 valence electrons. The molecule has 1 amide bonds. The minimum Gasteiger partial charge on any atom is -0.467 e. The summed E-state index contributed by atoms with van der Waals surface area (Å²) in [6, 6.07) is 0.511. The zero-order chi connectivity index (χ0) is 15.0. The van der Waals surface area contributed by atoms with E-state index in [-0.39, 0.29) is 5.56 Å². The summed E-state index contributed by atoms with van der Waals surface area (Å²) in [5.41, 5.74) is -0.135. The maximum atomic E-state index is 13.4. The van der Waals surface area contributed by atoms with Crippen molar-refractivity contribution in [2.75, 3.05) is 7.11 Å². The van der Waals surface area contributed by atoms with E-state index in [9.17, 15) is 14.0 Å². The van der Waals surface area contributed by atoms with Gasteiger partial charge in [0.05, 0.1) is 18.9 Å². The van der Waals surface area contributed by atoms with Gasteiger partial charge >= 0.3 is 5.97 Å². The molecular weight excluding hydrogens is 263 g/mol. The molecule has 0 unspecified atom stereocenters. The normalized spacial score (nSPS) is 11.8. The Morgan fingerprint density at radius 2 is 2.20 bits per heavy atom. The second-order valence-electron chi connectivity index (χ2n) is 4.40. The van der Waals surface area contributed by atoms with Gasteiger partial charge < -0.3 is 10.1 Å². The summed E-state index contributed by atoms with van der Waals surface area (Å²) in [7, 11) is 1.26. The van der Waals surface area contributed by atoms with Crippen molar-refractivity contribution in [3.63, 3.8) is 0 Å². The minimum absolute atomic E-state index is 0.135. The van der Waals surface area contributed by atoms with E-state index in [1.807, 2.05) is 6.92 Å². The van der Waals surface area contributed by atoms with E-state index < -0.39 is 23.7 Å². The van der Waals surface area contributed by atoms with Crippen LogP contribution in [-0.4, -0.2) is 30.0 Å². The molecule has 6 heteroatoms. The number of unbranched alkanes of at least 4 members (excludes halogenated alkanes) is 2. The van der Waals surface area contributed by atoms with E-state index in [0.717, 1.165) is 25.5 Å². The maximum absolute atomic E-state index is 13.4. The fraction of sp³-hybridized carbons (Fsp3) is 0.500. The zero-order valence-electron chi connectivity index (χ0n) is 11.7.